The predicted octanol–water partition coefficient (Wildman–Crippen LogP) is 8.05. The Morgan fingerprint density at radius 2 is 0.970 bits per heavy atom. The molecule has 3 heterocycles. The number of rotatable bonds is 1. The molecular weight excluding hydrogens is 402 g/mol. The fraction of sp³-hybridized carbons (Fsp3) is 0. The van der Waals surface area contributed by atoms with Crippen LogP contribution in [0.3, 0.4) is 0 Å². The van der Waals surface area contributed by atoms with E-state index in [9.17, 15) is 0 Å². The minimum Gasteiger partial charge on any atom is -0.353 e. The lowest BCUT2D eigenvalue weighted by Crippen LogP contribution is -1.93. The number of H-pyrrole nitrogens is 2. The van der Waals surface area contributed by atoms with Crippen LogP contribution in [0.5, 0.6) is 0 Å². The predicted molar refractivity (Wildman–Crippen MR) is 140 cm³/mol. The van der Waals surface area contributed by atoms with Gasteiger partial charge in [0, 0.05) is 49.0 Å². The topological polar surface area (TPSA) is 36.5 Å². The highest BCUT2D eigenvalue weighted by atomic mass is 15.0. The smallest absolute Gasteiger partial charge is 0.0710 e. The third-order valence-electron chi connectivity index (χ3n) is 7.07. The van der Waals surface area contributed by atoms with Gasteiger partial charge in [-0.05, 0) is 36.4 Å². The molecule has 3 nitrogen and oxygen atoms in total. The fourth-order valence-electron chi connectivity index (χ4n) is 5.61. The minimum absolute atomic E-state index is 1.15. The Morgan fingerprint density at radius 1 is 0.424 bits per heavy atom. The maximum Gasteiger partial charge on any atom is 0.0710 e. The number of hydrogen-bond donors (Lipinski definition) is 2. The molecule has 0 saturated heterocycles. The summed E-state index contributed by atoms with van der Waals surface area (Å²) in [6, 6.07) is 37.1. The van der Waals surface area contributed by atoms with Gasteiger partial charge in [0.15, 0.2) is 0 Å². The Kier molecular flexibility index (Phi) is 3.14. The van der Waals surface area contributed by atoms with Gasteiger partial charge in [0.2, 0.25) is 0 Å². The molecule has 0 atom stereocenters. The second-order valence-corrected chi connectivity index (χ2v) is 8.81. The van der Waals surface area contributed by atoms with Gasteiger partial charge in [-0.25, -0.2) is 0 Å². The quantitative estimate of drug-likeness (QED) is 0.269. The molecule has 0 spiro atoms. The van der Waals surface area contributed by atoms with Crippen molar-refractivity contribution in [1.29, 1.82) is 0 Å². The lowest BCUT2D eigenvalue weighted by atomic mass is 10.1. The fourth-order valence-corrected chi connectivity index (χ4v) is 5.61. The average Bonchev–Trinajstić information content (AvgIpc) is 3.53. The number of aromatic amines is 2. The molecule has 0 bridgehead atoms. The standard InChI is InChI=1S/C30H19N3/c1-4-10-25-19(7-1)22-14-15-23-24-17-18(13-16-26(24)32-30(23)29(22)31-25)33-27-11-5-2-8-20(27)21-9-3-6-12-28(21)33/h1-17,31-32H. The molecule has 0 aliphatic rings. The lowest BCUT2D eigenvalue weighted by molar-refractivity contribution is 1.19. The Hall–Kier alpha value is -4.50. The van der Waals surface area contributed by atoms with E-state index < -0.39 is 0 Å². The number of nitrogens with zero attached hydrogens (tertiary/aromatic N) is 1. The van der Waals surface area contributed by atoms with Crippen molar-refractivity contribution in [3.05, 3.63) is 103 Å². The van der Waals surface area contributed by atoms with Crippen LogP contribution >= 0.6 is 0 Å². The van der Waals surface area contributed by atoms with Gasteiger partial charge in [-0.3, -0.25) is 0 Å². The van der Waals surface area contributed by atoms with Gasteiger partial charge in [0.1, 0.15) is 0 Å². The first-order chi connectivity index (χ1) is 16.4. The van der Waals surface area contributed by atoms with E-state index in [4.69, 9.17) is 0 Å². The molecule has 2 N–H and O–H groups in total. The Balaban J connectivity index is 1.46. The van der Waals surface area contributed by atoms with Gasteiger partial charge in [0.25, 0.3) is 0 Å². The number of nitrogens with one attached hydrogen (secondary N) is 2. The minimum atomic E-state index is 1.15. The first-order valence-electron chi connectivity index (χ1n) is 11.3. The van der Waals surface area contributed by atoms with Crippen molar-refractivity contribution < 1.29 is 0 Å². The van der Waals surface area contributed by atoms with Crippen LogP contribution in [0, 0.1) is 0 Å². The molecule has 5 aromatic carbocycles. The highest BCUT2D eigenvalue weighted by Crippen LogP contribution is 2.37. The van der Waals surface area contributed by atoms with Crippen LogP contribution in [-0.2, 0) is 0 Å². The number of aromatic nitrogens is 3. The summed E-state index contributed by atoms with van der Waals surface area (Å²) in [5.74, 6) is 0. The van der Waals surface area contributed by atoms with E-state index in [2.05, 4.69) is 118 Å². The van der Waals surface area contributed by atoms with Crippen molar-refractivity contribution in [3.63, 3.8) is 0 Å². The van der Waals surface area contributed by atoms with E-state index in [1.165, 1.54) is 60.1 Å². The molecule has 0 radical (unpaired) electrons. The van der Waals surface area contributed by atoms with Gasteiger partial charge < -0.3 is 14.5 Å². The SMILES string of the molecule is c1ccc2c(c1)[nH]c1c2ccc2c3cc(-n4c5ccccc5c5ccccc54)ccc3[nH]c21. The summed E-state index contributed by atoms with van der Waals surface area (Å²) in [4.78, 5) is 7.32. The molecule has 8 rings (SSSR count). The maximum atomic E-state index is 3.69. The van der Waals surface area contributed by atoms with Crippen molar-refractivity contribution >= 4 is 65.4 Å². The van der Waals surface area contributed by atoms with Crippen molar-refractivity contribution in [2.45, 2.75) is 0 Å². The molecule has 8 aromatic rings. The zero-order chi connectivity index (χ0) is 21.5. The highest BCUT2D eigenvalue weighted by molar-refractivity contribution is 6.22. The van der Waals surface area contributed by atoms with Gasteiger partial charge in [-0.1, -0.05) is 66.7 Å². The van der Waals surface area contributed by atoms with Crippen molar-refractivity contribution in [1.82, 2.24) is 14.5 Å². The number of para-hydroxylation sites is 3. The zero-order valence-corrected chi connectivity index (χ0v) is 17.8. The second kappa shape index (κ2) is 6.05. The van der Waals surface area contributed by atoms with E-state index in [1.807, 2.05) is 0 Å². The van der Waals surface area contributed by atoms with Gasteiger partial charge in [-0.15, -0.1) is 0 Å². The first kappa shape index (κ1) is 17.1. The normalized spacial score (nSPS) is 12.2. The third-order valence-corrected chi connectivity index (χ3v) is 7.07. The van der Waals surface area contributed by atoms with Gasteiger partial charge in [0.05, 0.1) is 22.1 Å². The van der Waals surface area contributed by atoms with Crippen LogP contribution in [0.25, 0.3) is 71.1 Å². The van der Waals surface area contributed by atoms with Crippen molar-refractivity contribution in [3.8, 4) is 5.69 Å². The molecular formula is C30H19N3. The van der Waals surface area contributed by atoms with Crippen molar-refractivity contribution in [2.24, 2.45) is 0 Å². The van der Waals surface area contributed by atoms with Gasteiger partial charge >= 0.3 is 0 Å². The van der Waals surface area contributed by atoms with E-state index in [0.717, 1.165) is 11.0 Å². The Morgan fingerprint density at radius 3 is 1.67 bits per heavy atom. The van der Waals surface area contributed by atoms with E-state index in [-0.39, 0.29) is 0 Å². The molecule has 33 heavy (non-hydrogen) atoms. The summed E-state index contributed by atoms with van der Waals surface area (Å²) in [5, 5.41) is 7.57. The molecule has 3 aromatic heterocycles. The lowest BCUT2D eigenvalue weighted by Gasteiger charge is -2.08. The maximum absolute atomic E-state index is 3.69. The molecule has 0 unspecified atom stereocenters. The molecule has 3 heteroatoms. The summed E-state index contributed by atoms with van der Waals surface area (Å²) in [6.45, 7) is 0. The van der Waals surface area contributed by atoms with Crippen LogP contribution in [0.2, 0.25) is 0 Å². The van der Waals surface area contributed by atoms with E-state index >= 15 is 0 Å². The average molecular weight is 422 g/mol. The van der Waals surface area contributed by atoms with E-state index in [0.29, 0.717) is 0 Å². The van der Waals surface area contributed by atoms with Gasteiger partial charge in [-0.2, -0.15) is 0 Å². The molecule has 154 valence electrons. The Bertz CT molecular complexity index is 1980. The molecule has 0 aliphatic heterocycles. The molecule has 0 amide bonds. The largest absolute Gasteiger partial charge is 0.353 e. The van der Waals surface area contributed by atoms with Crippen LogP contribution in [0.1, 0.15) is 0 Å². The Labute approximate surface area is 188 Å². The molecule has 0 fully saturated rings. The zero-order valence-electron chi connectivity index (χ0n) is 17.8. The van der Waals surface area contributed by atoms with Crippen LogP contribution < -0.4 is 0 Å². The summed E-state index contributed by atoms with van der Waals surface area (Å²) >= 11 is 0. The van der Waals surface area contributed by atoms with Crippen molar-refractivity contribution in [2.75, 3.05) is 0 Å². The monoisotopic (exact) mass is 421 g/mol. The second-order valence-electron chi connectivity index (χ2n) is 8.81. The summed E-state index contributed by atoms with van der Waals surface area (Å²) in [6.07, 6.45) is 0. The molecule has 0 aliphatic carbocycles. The third kappa shape index (κ3) is 2.18. The van der Waals surface area contributed by atoms with Crippen LogP contribution in [0.15, 0.2) is 103 Å². The highest BCUT2D eigenvalue weighted by Gasteiger charge is 2.15. The number of fused-ring (bicyclic) bond motifs is 10. The van der Waals surface area contributed by atoms with E-state index in [1.54, 1.807) is 0 Å². The number of benzene rings is 5. The molecule has 0 saturated carbocycles. The van der Waals surface area contributed by atoms with Crippen LogP contribution in [0.4, 0.5) is 0 Å². The summed E-state index contributed by atoms with van der Waals surface area (Å²) in [5.41, 5.74) is 8.30. The summed E-state index contributed by atoms with van der Waals surface area (Å²) in [7, 11) is 0. The number of hydrogen-bond acceptors (Lipinski definition) is 0. The first-order valence-corrected chi connectivity index (χ1v) is 11.3. The summed E-state index contributed by atoms with van der Waals surface area (Å²) < 4.78 is 2.38. The van der Waals surface area contributed by atoms with Crippen LogP contribution in [-0.4, -0.2) is 14.5 Å².